The number of amides is 2. The van der Waals surface area contributed by atoms with Gasteiger partial charge >= 0.3 is 0 Å². The molecule has 0 saturated carbocycles. The first-order valence-corrected chi connectivity index (χ1v) is 11.9. The number of piperazine rings is 1. The van der Waals surface area contributed by atoms with Gasteiger partial charge in [-0.1, -0.05) is 78.9 Å². The smallest absolute Gasteiger partial charge is 0.257 e. The lowest BCUT2D eigenvalue weighted by atomic mass is 9.92. The molecule has 3 aromatic carbocycles. The van der Waals surface area contributed by atoms with Crippen LogP contribution in [-0.2, 0) is 9.59 Å². The van der Waals surface area contributed by atoms with Gasteiger partial charge in [-0.2, -0.15) is 0 Å². The second kappa shape index (κ2) is 14.0. The highest BCUT2D eigenvalue weighted by molar-refractivity contribution is 6.18. The third kappa shape index (κ3) is 6.79. The summed E-state index contributed by atoms with van der Waals surface area (Å²) in [6.07, 6.45) is 0.153. The molecule has 0 spiro atoms. The highest BCUT2D eigenvalue weighted by atomic mass is 35.5. The topological polar surface area (TPSA) is 75.4 Å². The summed E-state index contributed by atoms with van der Waals surface area (Å²) in [5.41, 5.74) is 4.62. The number of nitrogens with zero attached hydrogens (tertiary/aromatic N) is 3. The Hall–Kier alpha value is -3.16. The molecule has 3 aromatic rings. The summed E-state index contributed by atoms with van der Waals surface area (Å²) < 4.78 is 0. The Kier molecular flexibility index (Phi) is 11.3. The molecular weight excluding hydrogens is 509 g/mol. The summed E-state index contributed by atoms with van der Waals surface area (Å²) in [6, 6.07) is 30.2. The lowest BCUT2D eigenvalue weighted by molar-refractivity contribution is -0.137. The van der Waals surface area contributed by atoms with Gasteiger partial charge in [-0.25, -0.2) is 0 Å². The average Bonchev–Trinajstić information content (AvgIpc) is 3.17. The van der Waals surface area contributed by atoms with E-state index in [1.807, 2.05) is 66.7 Å². The molecule has 0 bridgehead atoms. The van der Waals surface area contributed by atoms with Crippen LogP contribution in [0.15, 0.2) is 96.6 Å². The van der Waals surface area contributed by atoms with Crippen LogP contribution in [0, 0.1) is 0 Å². The highest BCUT2D eigenvalue weighted by Crippen LogP contribution is 2.33. The van der Waals surface area contributed by atoms with E-state index in [9.17, 15) is 9.59 Å². The molecule has 2 saturated heterocycles. The van der Waals surface area contributed by atoms with E-state index in [1.54, 1.807) is 0 Å². The van der Waals surface area contributed by atoms with Crippen LogP contribution in [0.1, 0.15) is 17.5 Å². The maximum absolute atomic E-state index is 13.4. The SMILES string of the molecule is Cl.Cl.O.O=C1CC(=C(c2ccccc2)c2ccccc2)C(=O)N1CCN1CCN(c2ccccc2)CC1. The number of imide groups is 1. The van der Waals surface area contributed by atoms with Crippen LogP contribution in [0.3, 0.4) is 0 Å². The second-order valence-corrected chi connectivity index (χ2v) is 8.78. The first kappa shape index (κ1) is 30.1. The zero-order chi connectivity index (χ0) is 23.3. The van der Waals surface area contributed by atoms with Gasteiger partial charge in [0.25, 0.3) is 5.91 Å². The van der Waals surface area contributed by atoms with Crippen molar-refractivity contribution in [2.45, 2.75) is 6.42 Å². The lowest BCUT2D eigenvalue weighted by Crippen LogP contribution is -2.49. The van der Waals surface area contributed by atoms with Crippen molar-refractivity contribution in [1.82, 2.24) is 9.80 Å². The van der Waals surface area contributed by atoms with E-state index < -0.39 is 0 Å². The predicted molar refractivity (Wildman–Crippen MR) is 153 cm³/mol. The van der Waals surface area contributed by atoms with Crippen molar-refractivity contribution >= 4 is 47.9 Å². The zero-order valence-electron chi connectivity index (χ0n) is 20.6. The van der Waals surface area contributed by atoms with Crippen LogP contribution >= 0.6 is 24.8 Å². The van der Waals surface area contributed by atoms with Gasteiger partial charge in [-0.05, 0) is 28.8 Å². The molecule has 0 aliphatic carbocycles. The molecule has 8 heteroatoms. The zero-order valence-corrected chi connectivity index (χ0v) is 22.2. The number of hydrogen-bond donors (Lipinski definition) is 0. The molecule has 0 atom stereocenters. The van der Waals surface area contributed by atoms with E-state index in [2.05, 4.69) is 34.1 Å². The van der Waals surface area contributed by atoms with E-state index in [0.717, 1.165) is 42.9 Å². The summed E-state index contributed by atoms with van der Waals surface area (Å²) in [6.45, 7) is 4.88. The van der Waals surface area contributed by atoms with E-state index in [-0.39, 0.29) is 48.5 Å². The fourth-order valence-corrected chi connectivity index (χ4v) is 4.85. The minimum absolute atomic E-state index is 0. The van der Waals surface area contributed by atoms with E-state index in [4.69, 9.17) is 0 Å². The van der Waals surface area contributed by atoms with Crippen molar-refractivity contribution in [3.05, 3.63) is 108 Å². The fraction of sp³-hybridized carbons (Fsp3) is 0.241. The number of carbonyl (C=O) groups excluding carboxylic acids is 2. The maximum Gasteiger partial charge on any atom is 0.257 e. The summed E-state index contributed by atoms with van der Waals surface area (Å²) in [5.74, 6) is -0.261. The van der Waals surface area contributed by atoms with Gasteiger partial charge in [0.2, 0.25) is 5.91 Å². The molecule has 2 N–H and O–H groups in total. The summed E-state index contributed by atoms with van der Waals surface area (Å²) in [4.78, 5) is 32.5. The maximum atomic E-state index is 13.4. The Labute approximate surface area is 230 Å². The summed E-state index contributed by atoms with van der Waals surface area (Å²) in [5, 5.41) is 0. The standard InChI is InChI=1S/C29H29N3O2.2ClH.H2O/c33-27-22-26(28(23-10-4-1-5-11-23)24-12-6-2-7-13-24)29(34)32(27)21-18-30-16-19-31(20-17-30)25-14-8-3-9-15-25;;;/h1-15H,16-22H2;2*1H;1H2. The average molecular weight is 543 g/mol. The largest absolute Gasteiger partial charge is 0.412 e. The second-order valence-electron chi connectivity index (χ2n) is 8.78. The van der Waals surface area contributed by atoms with Crippen molar-refractivity contribution < 1.29 is 15.1 Å². The first-order chi connectivity index (χ1) is 16.7. The number of halogens is 2. The van der Waals surface area contributed by atoms with Crippen LogP contribution in [-0.4, -0.2) is 66.4 Å². The molecule has 2 aliphatic heterocycles. The van der Waals surface area contributed by atoms with Gasteiger partial charge in [0.1, 0.15) is 0 Å². The highest BCUT2D eigenvalue weighted by Gasteiger charge is 2.36. The third-order valence-corrected chi connectivity index (χ3v) is 6.69. The Morgan fingerprint density at radius 3 is 1.65 bits per heavy atom. The Bertz CT molecular complexity index is 1140. The normalized spacial score (nSPS) is 15.5. The molecule has 5 rings (SSSR count). The number of benzene rings is 3. The quantitative estimate of drug-likeness (QED) is 0.348. The number of para-hydroxylation sites is 1. The summed E-state index contributed by atoms with van der Waals surface area (Å²) >= 11 is 0. The van der Waals surface area contributed by atoms with Crippen LogP contribution < -0.4 is 4.90 Å². The van der Waals surface area contributed by atoms with Crippen molar-refractivity contribution in [2.24, 2.45) is 0 Å². The molecule has 2 amide bonds. The Morgan fingerprint density at radius 1 is 0.649 bits per heavy atom. The van der Waals surface area contributed by atoms with Crippen LogP contribution in [0.2, 0.25) is 0 Å². The monoisotopic (exact) mass is 541 g/mol. The molecule has 2 aliphatic rings. The third-order valence-electron chi connectivity index (χ3n) is 6.69. The minimum Gasteiger partial charge on any atom is -0.412 e. The fourth-order valence-electron chi connectivity index (χ4n) is 4.85. The van der Waals surface area contributed by atoms with Crippen LogP contribution in [0.25, 0.3) is 5.57 Å². The molecule has 37 heavy (non-hydrogen) atoms. The number of hydrogen-bond acceptors (Lipinski definition) is 4. The number of anilines is 1. The van der Waals surface area contributed by atoms with Gasteiger partial charge < -0.3 is 10.4 Å². The Balaban J connectivity index is 0.00000160. The molecule has 196 valence electrons. The van der Waals surface area contributed by atoms with E-state index >= 15 is 0 Å². The first-order valence-electron chi connectivity index (χ1n) is 11.9. The molecule has 2 fully saturated rings. The molecule has 2 heterocycles. The Morgan fingerprint density at radius 2 is 1.14 bits per heavy atom. The molecule has 0 unspecified atom stereocenters. The van der Waals surface area contributed by atoms with Gasteiger partial charge in [-0.15, -0.1) is 24.8 Å². The molecule has 0 radical (unpaired) electrons. The minimum atomic E-state index is -0.157. The molecule has 0 aromatic heterocycles. The van der Waals surface area contributed by atoms with Gasteiger partial charge in [0.15, 0.2) is 0 Å². The van der Waals surface area contributed by atoms with Gasteiger partial charge in [0.05, 0.1) is 6.42 Å². The van der Waals surface area contributed by atoms with Crippen LogP contribution in [0.5, 0.6) is 0 Å². The van der Waals surface area contributed by atoms with Crippen LogP contribution in [0.4, 0.5) is 5.69 Å². The van der Waals surface area contributed by atoms with Crippen molar-refractivity contribution in [3.63, 3.8) is 0 Å². The van der Waals surface area contributed by atoms with Gasteiger partial charge in [-0.3, -0.25) is 19.4 Å². The van der Waals surface area contributed by atoms with Gasteiger partial charge in [0, 0.05) is 50.5 Å². The number of rotatable bonds is 6. The van der Waals surface area contributed by atoms with E-state index in [1.165, 1.54) is 10.6 Å². The molecular formula is C29H33Cl2N3O3. The molecule has 6 nitrogen and oxygen atoms in total. The number of likely N-dealkylation sites (tertiary alicyclic amines) is 1. The lowest BCUT2D eigenvalue weighted by Gasteiger charge is -2.36. The van der Waals surface area contributed by atoms with E-state index in [0.29, 0.717) is 18.7 Å². The van der Waals surface area contributed by atoms with Crippen molar-refractivity contribution in [2.75, 3.05) is 44.2 Å². The number of carbonyl (C=O) groups is 2. The van der Waals surface area contributed by atoms with Crippen molar-refractivity contribution in [1.29, 1.82) is 0 Å². The summed E-state index contributed by atoms with van der Waals surface area (Å²) in [7, 11) is 0. The predicted octanol–water partition coefficient (Wildman–Crippen LogP) is 4.09. The van der Waals surface area contributed by atoms with Crippen molar-refractivity contribution in [3.8, 4) is 0 Å².